The molecule has 1 aliphatic rings. The van der Waals surface area contributed by atoms with Crippen LogP contribution in [0.5, 0.6) is 0 Å². The Morgan fingerprint density at radius 2 is 1.65 bits per heavy atom. The molecule has 5 heteroatoms. The molecule has 1 amide bonds. The molecular formula is C21H20BrNO3. The second kappa shape index (κ2) is 8.81. The number of esters is 1. The van der Waals surface area contributed by atoms with E-state index in [1.54, 1.807) is 11.0 Å². The van der Waals surface area contributed by atoms with Gasteiger partial charge >= 0.3 is 5.97 Å². The van der Waals surface area contributed by atoms with Crippen LogP contribution in [0.3, 0.4) is 0 Å². The first-order chi connectivity index (χ1) is 12.6. The Morgan fingerprint density at radius 1 is 1.00 bits per heavy atom. The van der Waals surface area contributed by atoms with Crippen LogP contribution in [-0.4, -0.2) is 29.9 Å². The molecule has 0 bridgehead atoms. The van der Waals surface area contributed by atoms with Crippen molar-refractivity contribution < 1.29 is 14.3 Å². The van der Waals surface area contributed by atoms with Gasteiger partial charge in [0.25, 0.3) is 5.91 Å². The van der Waals surface area contributed by atoms with Crippen LogP contribution in [0.15, 0.2) is 65.1 Å². The molecule has 1 heterocycles. The molecule has 0 saturated carbocycles. The van der Waals surface area contributed by atoms with Crippen molar-refractivity contribution in [3.05, 3.63) is 76.3 Å². The van der Waals surface area contributed by atoms with E-state index in [1.165, 1.54) is 6.08 Å². The smallest absolute Gasteiger partial charge is 0.331 e. The van der Waals surface area contributed by atoms with Gasteiger partial charge < -0.3 is 9.64 Å². The zero-order valence-corrected chi connectivity index (χ0v) is 15.9. The number of ether oxygens (including phenoxy) is 1. The summed E-state index contributed by atoms with van der Waals surface area (Å²) in [4.78, 5) is 26.9. The van der Waals surface area contributed by atoms with Gasteiger partial charge in [0, 0.05) is 29.2 Å². The Bertz CT molecular complexity index is 781. The van der Waals surface area contributed by atoms with Crippen molar-refractivity contribution in [1.29, 1.82) is 0 Å². The summed E-state index contributed by atoms with van der Waals surface area (Å²) < 4.78 is 6.50. The van der Waals surface area contributed by atoms with Gasteiger partial charge in [-0.05, 0) is 36.6 Å². The molecule has 2 aromatic carbocycles. The number of carbonyl (C=O) groups excluding carboxylic acids is 2. The largest absolute Gasteiger partial charge is 0.444 e. The van der Waals surface area contributed by atoms with Gasteiger partial charge in [-0.2, -0.15) is 0 Å². The van der Waals surface area contributed by atoms with E-state index in [0.717, 1.165) is 22.9 Å². The maximum absolute atomic E-state index is 12.8. The third-order valence-electron chi connectivity index (χ3n) is 4.26. The van der Waals surface area contributed by atoms with Crippen LogP contribution < -0.4 is 0 Å². The topological polar surface area (TPSA) is 46.6 Å². The van der Waals surface area contributed by atoms with E-state index >= 15 is 0 Å². The van der Waals surface area contributed by atoms with Crippen molar-refractivity contribution >= 4 is 33.9 Å². The lowest BCUT2D eigenvalue weighted by atomic mass is 10.1. The molecule has 1 atom stereocenters. The summed E-state index contributed by atoms with van der Waals surface area (Å²) in [6.07, 6.45) is 4.11. The Balaban J connectivity index is 1.73. The lowest BCUT2D eigenvalue weighted by molar-refractivity contribution is -0.156. The molecule has 0 unspecified atom stereocenters. The van der Waals surface area contributed by atoms with Crippen LogP contribution in [0.4, 0.5) is 0 Å². The van der Waals surface area contributed by atoms with Crippen LogP contribution in [0.2, 0.25) is 0 Å². The predicted octanol–water partition coefficient (Wildman–Crippen LogP) is 4.37. The highest BCUT2D eigenvalue weighted by Crippen LogP contribution is 2.23. The van der Waals surface area contributed by atoms with Crippen LogP contribution in [-0.2, 0) is 14.3 Å². The number of benzene rings is 2. The third kappa shape index (κ3) is 4.82. The molecule has 134 valence electrons. The van der Waals surface area contributed by atoms with Gasteiger partial charge in [0.15, 0.2) is 0 Å². The molecule has 2 aromatic rings. The van der Waals surface area contributed by atoms with Gasteiger partial charge in [0.1, 0.15) is 0 Å². The van der Waals surface area contributed by atoms with Crippen molar-refractivity contribution in [2.24, 2.45) is 0 Å². The second-order valence-corrected chi connectivity index (χ2v) is 7.06. The fourth-order valence-electron chi connectivity index (χ4n) is 2.89. The standard InChI is InChI=1S/C21H20BrNO3/c22-18-11-8-16(9-12-18)10-13-19(24)26-20(17-6-2-1-3-7-17)21(25)23-14-4-5-15-23/h1-3,6-13,20H,4-5,14-15H2/b13-10+/t20-/m1/s1. The van der Waals surface area contributed by atoms with Crippen molar-refractivity contribution in [2.45, 2.75) is 18.9 Å². The molecule has 1 saturated heterocycles. The van der Waals surface area contributed by atoms with Crippen molar-refractivity contribution in [1.82, 2.24) is 4.90 Å². The Hall–Kier alpha value is -2.40. The minimum absolute atomic E-state index is 0.154. The average Bonchev–Trinajstić information content (AvgIpc) is 3.21. The second-order valence-electron chi connectivity index (χ2n) is 6.14. The van der Waals surface area contributed by atoms with Gasteiger partial charge in [-0.1, -0.05) is 58.4 Å². The van der Waals surface area contributed by atoms with Gasteiger partial charge in [0.2, 0.25) is 6.10 Å². The molecular weight excluding hydrogens is 394 g/mol. The van der Waals surface area contributed by atoms with E-state index in [0.29, 0.717) is 18.7 Å². The average molecular weight is 414 g/mol. The van der Waals surface area contributed by atoms with Crippen LogP contribution in [0, 0.1) is 0 Å². The fraction of sp³-hybridized carbons (Fsp3) is 0.238. The summed E-state index contributed by atoms with van der Waals surface area (Å²) >= 11 is 3.37. The molecule has 0 radical (unpaired) electrons. The normalized spacial score (nSPS) is 15.2. The summed E-state index contributed by atoms with van der Waals surface area (Å²) in [5.41, 5.74) is 1.57. The predicted molar refractivity (Wildman–Crippen MR) is 104 cm³/mol. The molecule has 0 spiro atoms. The monoisotopic (exact) mass is 413 g/mol. The van der Waals surface area contributed by atoms with Gasteiger partial charge in [-0.3, -0.25) is 4.79 Å². The highest BCUT2D eigenvalue weighted by Gasteiger charge is 2.30. The highest BCUT2D eigenvalue weighted by molar-refractivity contribution is 9.10. The summed E-state index contributed by atoms with van der Waals surface area (Å²) in [6.45, 7) is 1.43. The summed E-state index contributed by atoms with van der Waals surface area (Å²) in [5, 5.41) is 0. The number of likely N-dealkylation sites (tertiary alicyclic amines) is 1. The van der Waals surface area contributed by atoms with E-state index < -0.39 is 12.1 Å². The first-order valence-corrected chi connectivity index (χ1v) is 9.41. The van der Waals surface area contributed by atoms with Crippen LogP contribution in [0.25, 0.3) is 6.08 Å². The molecule has 0 N–H and O–H groups in total. The van der Waals surface area contributed by atoms with Crippen molar-refractivity contribution in [3.8, 4) is 0 Å². The molecule has 3 rings (SSSR count). The van der Waals surface area contributed by atoms with Crippen LogP contribution in [0.1, 0.15) is 30.1 Å². The minimum atomic E-state index is -0.906. The lowest BCUT2D eigenvalue weighted by Gasteiger charge is -2.23. The van der Waals surface area contributed by atoms with E-state index in [1.807, 2.05) is 54.6 Å². The third-order valence-corrected chi connectivity index (χ3v) is 4.79. The maximum atomic E-state index is 12.8. The Kier molecular flexibility index (Phi) is 6.23. The van der Waals surface area contributed by atoms with E-state index in [9.17, 15) is 9.59 Å². The van der Waals surface area contributed by atoms with Gasteiger partial charge in [0.05, 0.1) is 0 Å². The first kappa shape index (κ1) is 18.4. The summed E-state index contributed by atoms with van der Waals surface area (Å²) in [5.74, 6) is -0.687. The van der Waals surface area contributed by atoms with Crippen LogP contribution >= 0.6 is 15.9 Å². The van der Waals surface area contributed by atoms with E-state index in [-0.39, 0.29) is 5.91 Å². The highest BCUT2D eigenvalue weighted by atomic mass is 79.9. The number of nitrogens with zero attached hydrogens (tertiary/aromatic N) is 1. The molecule has 1 aliphatic heterocycles. The molecule has 4 nitrogen and oxygen atoms in total. The Labute approximate surface area is 161 Å². The lowest BCUT2D eigenvalue weighted by Crippen LogP contribution is -2.34. The minimum Gasteiger partial charge on any atom is -0.444 e. The number of carbonyl (C=O) groups is 2. The number of hydrogen-bond acceptors (Lipinski definition) is 3. The SMILES string of the molecule is O=C(/C=C/c1ccc(Br)cc1)O[C@@H](C(=O)N1CCCC1)c1ccccc1. The molecule has 0 aromatic heterocycles. The zero-order chi connectivity index (χ0) is 18.4. The van der Waals surface area contributed by atoms with E-state index in [4.69, 9.17) is 4.74 Å². The maximum Gasteiger partial charge on any atom is 0.331 e. The molecule has 1 fully saturated rings. The van der Waals surface area contributed by atoms with E-state index in [2.05, 4.69) is 15.9 Å². The summed E-state index contributed by atoms with van der Waals surface area (Å²) in [6, 6.07) is 16.7. The van der Waals surface area contributed by atoms with Gasteiger partial charge in [-0.15, -0.1) is 0 Å². The number of halogens is 1. The van der Waals surface area contributed by atoms with Crippen molar-refractivity contribution in [2.75, 3.05) is 13.1 Å². The molecule has 26 heavy (non-hydrogen) atoms. The fourth-order valence-corrected chi connectivity index (χ4v) is 3.15. The number of rotatable bonds is 5. The molecule has 0 aliphatic carbocycles. The van der Waals surface area contributed by atoms with Crippen molar-refractivity contribution in [3.63, 3.8) is 0 Å². The Morgan fingerprint density at radius 3 is 2.31 bits per heavy atom. The van der Waals surface area contributed by atoms with Gasteiger partial charge in [-0.25, -0.2) is 4.79 Å². The first-order valence-electron chi connectivity index (χ1n) is 8.61. The number of amides is 1. The number of hydrogen-bond donors (Lipinski definition) is 0. The quantitative estimate of drug-likeness (QED) is 0.539. The zero-order valence-electron chi connectivity index (χ0n) is 14.3. The summed E-state index contributed by atoms with van der Waals surface area (Å²) in [7, 11) is 0.